The van der Waals surface area contributed by atoms with E-state index in [1.165, 1.54) is 0 Å². The first-order chi connectivity index (χ1) is 9.66. The van der Waals surface area contributed by atoms with Gasteiger partial charge in [0.05, 0.1) is 12.5 Å². The number of aliphatic carboxylic acids is 1. The Hall–Kier alpha value is -1.76. The van der Waals surface area contributed by atoms with E-state index in [1.54, 1.807) is 29.1 Å². The fourth-order valence-electron chi connectivity index (χ4n) is 2.07. The number of hydrogen-bond donors (Lipinski definition) is 2. The molecule has 1 aromatic rings. The summed E-state index contributed by atoms with van der Waals surface area (Å²) in [4.78, 5) is 28.5. The molecule has 0 spiro atoms. The predicted octanol–water partition coefficient (Wildman–Crippen LogP) is 1.18. The fraction of sp³-hybridized carbons (Fsp3) is 0.462. The Morgan fingerprint density at radius 1 is 1.45 bits per heavy atom. The van der Waals surface area contributed by atoms with Crippen molar-refractivity contribution in [3.8, 4) is 0 Å². The number of hydrogen-bond acceptors (Lipinski definition) is 4. The zero-order valence-corrected chi connectivity index (χ0v) is 11.8. The SMILES string of the molecule is O=C(O)CC1CSCCN1C(=O)NCc1ccncc1. The summed E-state index contributed by atoms with van der Waals surface area (Å²) < 4.78 is 0. The molecule has 20 heavy (non-hydrogen) atoms. The second-order valence-corrected chi connectivity index (χ2v) is 5.68. The van der Waals surface area contributed by atoms with Crippen LogP contribution in [0.25, 0.3) is 0 Å². The highest BCUT2D eigenvalue weighted by Gasteiger charge is 2.28. The van der Waals surface area contributed by atoms with Crippen LogP contribution in [0.3, 0.4) is 0 Å². The Morgan fingerprint density at radius 3 is 2.90 bits per heavy atom. The van der Waals surface area contributed by atoms with E-state index in [2.05, 4.69) is 10.3 Å². The van der Waals surface area contributed by atoms with Crippen molar-refractivity contribution in [1.29, 1.82) is 0 Å². The molecule has 1 saturated heterocycles. The van der Waals surface area contributed by atoms with Crippen molar-refractivity contribution in [2.75, 3.05) is 18.1 Å². The smallest absolute Gasteiger partial charge is 0.317 e. The zero-order valence-electron chi connectivity index (χ0n) is 11.0. The van der Waals surface area contributed by atoms with Crippen molar-refractivity contribution in [3.05, 3.63) is 30.1 Å². The lowest BCUT2D eigenvalue weighted by Gasteiger charge is -2.34. The standard InChI is InChI=1S/C13H17N3O3S/c17-12(18)7-11-9-20-6-5-16(11)13(19)15-8-10-1-3-14-4-2-10/h1-4,11H,5-9H2,(H,15,19)(H,17,18). The maximum Gasteiger partial charge on any atom is 0.317 e. The highest BCUT2D eigenvalue weighted by atomic mass is 32.2. The van der Waals surface area contributed by atoms with E-state index >= 15 is 0 Å². The maximum atomic E-state index is 12.2. The Kier molecular flexibility index (Phi) is 5.23. The van der Waals surface area contributed by atoms with Crippen molar-refractivity contribution in [2.45, 2.75) is 19.0 Å². The van der Waals surface area contributed by atoms with Gasteiger partial charge in [0.15, 0.2) is 0 Å². The molecule has 1 aliphatic rings. The van der Waals surface area contributed by atoms with Gasteiger partial charge in [-0.05, 0) is 17.7 Å². The number of amides is 2. The van der Waals surface area contributed by atoms with Gasteiger partial charge in [0.1, 0.15) is 0 Å². The lowest BCUT2D eigenvalue weighted by Crippen LogP contribution is -2.51. The van der Waals surface area contributed by atoms with Crippen LogP contribution in [0, 0.1) is 0 Å². The molecule has 1 atom stereocenters. The number of urea groups is 1. The van der Waals surface area contributed by atoms with Gasteiger partial charge in [0.25, 0.3) is 0 Å². The van der Waals surface area contributed by atoms with Gasteiger partial charge in [-0.2, -0.15) is 11.8 Å². The number of nitrogens with zero attached hydrogens (tertiary/aromatic N) is 2. The van der Waals surface area contributed by atoms with Gasteiger partial charge in [-0.15, -0.1) is 0 Å². The molecule has 7 heteroatoms. The monoisotopic (exact) mass is 295 g/mol. The number of carboxylic acid groups (broad SMARTS) is 1. The molecular weight excluding hydrogens is 278 g/mol. The summed E-state index contributed by atoms with van der Waals surface area (Å²) in [6, 6.07) is 3.24. The molecule has 1 aromatic heterocycles. The van der Waals surface area contributed by atoms with Crippen LogP contribution in [-0.2, 0) is 11.3 Å². The number of aromatic nitrogens is 1. The second kappa shape index (κ2) is 7.14. The first-order valence-electron chi connectivity index (χ1n) is 6.39. The quantitative estimate of drug-likeness (QED) is 0.871. The zero-order chi connectivity index (χ0) is 14.4. The van der Waals surface area contributed by atoms with Gasteiger partial charge in [-0.1, -0.05) is 0 Å². The van der Waals surface area contributed by atoms with Crippen LogP contribution >= 0.6 is 11.8 Å². The van der Waals surface area contributed by atoms with E-state index in [0.717, 1.165) is 11.3 Å². The molecule has 0 aromatic carbocycles. The third-order valence-electron chi connectivity index (χ3n) is 3.09. The minimum atomic E-state index is -0.871. The van der Waals surface area contributed by atoms with E-state index in [-0.39, 0.29) is 18.5 Å². The minimum absolute atomic E-state index is 0.00429. The molecule has 1 fully saturated rings. The van der Waals surface area contributed by atoms with Gasteiger partial charge < -0.3 is 15.3 Å². The first-order valence-corrected chi connectivity index (χ1v) is 7.55. The van der Waals surface area contributed by atoms with Crippen LogP contribution in [-0.4, -0.2) is 51.1 Å². The number of nitrogens with one attached hydrogen (secondary N) is 1. The molecular formula is C13H17N3O3S. The molecule has 0 radical (unpaired) electrons. The molecule has 0 aliphatic carbocycles. The van der Waals surface area contributed by atoms with Gasteiger partial charge >= 0.3 is 12.0 Å². The molecule has 6 nitrogen and oxygen atoms in total. The Balaban J connectivity index is 1.90. The summed E-state index contributed by atoms with van der Waals surface area (Å²) in [6.07, 6.45) is 3.34. The summed E-state index contributed by atoms with van der Waals surface area (Å²) in [5.41, 5.74) is 0.967. The fourth-order valence-corrected chi connectivity index (χ4v) is 3.14. The highest BCUT2D eigenvalue weighted by Crippen LogP contribution is 2.19. The van der Waals surface area contributed by atoms with Crippen molar-refractivity contribution in [3.63, 3.8) is 0 Å². The van der Waals surface area contributed by atoms with E-state index in [0.29, 0.717) is 18.8 Å². The Morgan fingerprint density at radius 2 is 2.20 bits per heavy atom. The summed E-state index contributed by atoms with van der Waals surface area (Å²) in [6.45, 7) is 1.01. The highest BCUT2D eigenvalue weighted by molar-refractivity contribution is 7.99. The van der Waals surface area contributed by atoms with Crippen LogP contribution in [0.4, 0.5) is 4.79 Å². The average Bonchev–Trinajstić information content (AvgIpc) is 2.46. The molecule has 2 heterocycles. The number of thioether (sulfide) groups is 1. The van der Waals surface area contributed by atoms with E-state index in [1.807, 2.05) is 12.1 Å². The van der Waals surface area contributed by atoms with Gasteiger partial charge in [-0.25, -0.2) is 4.79 Å². The molecule has 0 saturated carbocycles. The molecule has 2 rings (SSSR count). The van der Waals surface area contributed by atoms with Crippen LogP contribution in [0.5, 0.6) is 0 Å². The second-order valence-electron chi connectivity index (χ2n) is 4.53. The van der Waals surface area contributed by atoms with Gasteiger partial charge in [0, 0.05) is 37.0 Å². The van der Waals surface area contributed by atoms with Crippen molar-refractivity contribution >= 4 is 23.8 Å². The first kappa shape index (κ1) is 14.6. The molecule has 0 bridgehead atoms. The largest absolute Gasteiger partial charge is 0.481 e. The lowest BCUT2D eigenvalue weighted by atomic mass is 10.2. The average molecular weight is 295 g/mol. The minimum Gasteiger partial charge on any atom is -0.481 e. The third kappa shape index (κ3) is 4.12. The maximum absolute atomic E-state index is 12.2. The van der Waals surface area contributed by atoms with Crippen LogP contribution < -0.4 is 5.32 Å². The summed E-state index contributed by atoms with van der Waals surface area (Å²) >= 11 is 1.69. The van der Waals surface area contributed by atoms with Crippen molar-refractivity contribution < 1.29 is 14.7 Å². The number of rotatable bonds is 4. The van der Waals surface area contributed by atoms with Crippen LogP contribution in [0.2, 0.25) is 0 Å². The van der Waals surface area contributed by atoms with Gasteiger partial charge in [-0.3, -0.25) is 9.78 Å². The number of carboxylic acids is 1. The molecule has 108 valence electrons. The Bertz CT molecular complexity index is 469. The molecule has 2 amide bonds. The van der Waals surface area contributed by atoms with Crippen molar-refractivity contribution in [2.24, 2.45) is 0 Å². The molecule has 2 N–H and O–H groups in total. The normalized spacial score (nSPS) is 18.6. The Labute approximate surface area is 121 Å². The topological polar surface area (TPSA) is 82.5 Å². The van der Waals surface area contributed by atoms with Crippen LogP contribution in [0.15, 0.2) is 24.5 Å². The van der Waals surface area contributed by atoms with E-state index < -0.39 is 5.97 Å². The van der Waals surface area contributed by atoms with E-state index in [4.69, 9.17) is 5.11 Å². The number of carbonyl (C=O) groups excluding carboxylic acids is 1. The summed E-state index contributed by atoms with van der Waals surface area (Å²) in [5, 5.41) is 11.7. The third-order valence-corrected chi connectivity index (χ3v) is 4.18. The predicted molar refractivity (Wildman–Crippen MR) is 76.5 cm³/mol. The summed E-state index contributed by atoms with van der Waals surface area (Å²) in [7, 11) is 0. The number of carbonyl (C=O) groups is 2. The molecule has 1 unspecified atom stereocenters. The summed E-state index contributed by atoms with van der Waals surface area (Å²) in [5.74, 6) is 0.651. The number of pyridine rings is 1. The van der Waals surface area contributed by atoms with E-state index in [9.17, 15) is 9.59 Å². The van der Waals surface area contributed by atoms with Crippen LogP contribution in [0.1, 0.15) is 12.0 Å². The van der Waals surface area contributed by atoms with Gasteiger partial charge in [0.2, 0.25) is 0 Å². The van der Waals surface area contributed by atoms with Crippen molar-refractivity contribution in [1.82, 2.24) is 15.2 Å². The lowest BCUT2D eigenvalue weighted by molar-refractivity contribution is -0.137. The molecule has 1 aliphatic heterocycles.